The van der Waals surface area contributed by atoms with E-state index < -0.39 is 0 Å². The van der Waals surface area contributed by atoms with E-state index in [-0.39, 0.29) is 0 Å². The maximum atomic E-state index is 4.54. The Kier molecular flexibility index (Phi) is 5.90. The molecule has 0 heterocycles. The lowest BCUT2D eigenvalue weighted by atomic mass is 9.74. The van der Waals surface area contributed by atoms with Gasteiger partial charge in [-0.1, -0.05) is 98.7 Å². The van der Waals surface area contributed by atoms with Crippen LogP contribution < -0.4 is 0 Å². The summed E-state index contributed by atoms with van der Waals surface area (Å²) < 4.78 is 0. The quantitative estimate of drug-likeness (QED) is 0.486. The summed E-state index contributed by atoms with van der Waals surface area (Å²) in [5, 5.41) is 0. The minimum Gasteiger partial charge on any atom is -0.0905 e. The Balaban J connectivity index is 1.55. The molecule has 0 bridgehead atoms. The highest BCUT2D eigenvalue weighted by Crippen LogP contribution is 2.45. The third kappa shape index (κ3) is 4.17. The average Bonchev–Trinajstić information content (AvgIpc) is 3.15. The SMILES string of the molecule is C=C(C1=C(C)CC(C2CCCC(c3ccccc3)C2)=C1)c1ccccc1C(C)C. The number of allylic oxidation sites excluding steroid dienone is 5. The second-order valence-corrected chi connectivity index (χ2v) is 9.28. The van der Waals surface area contributed by atoms with E-state index in [1.165, 1.54) is 59.1 Å². The summed E-state index contributed by atoms with van der Waals surface area (Å²) in [6.07, 6.45) is 8.93. The predicted molar refractivity (Wildman–Crippen MR) is 126 cm³/mol. The second kappa shape index (κ2) is 8.57. The molecule has 2 aliphatic carbocycles. The van der Waals surface area contributed by atoms with Crippen LogP contribution in [0.3, 0.4) is 0 Å². The molecule has 0 aromatic heterocycles. The van der Waals surface area contributed by atoms with Gasteiger partial charge in [0.15, 0.2) is 0 Å². The summed E-state index contributed by atoms with van der Waals surface area (Å²) in [5.74, 6) is 1.94. The molecule has 0 saturated heterocycles. The van der Waals surface area contributed by atoms with Gasteiger partial charge in [0.1, 0.15) is 0 Å². The molecule has 0 N–H and O–H groups in total. The Hall–Kier alpha value is -2.34. The number of hydrogen-bond donors (Lipinski definition) is 0. The standard InChI is InChI=1S/C29H34/c1-20(2)27-15-8-9-16-28(27)22(4)29-19-26(17-21(29)3)25-14-10-13-24(18-25)23-11-6-5-7-12-23/h5-9,11-12,15-16,19-20,24-25H,4,10,13-14,17-18H2,1-3H3. The van der Waals surface area contributed by atoms with E-state index in [1.807, 2.05) is 0 Å². The summed E-state index contributed by atoms with van der Waals surface area (Å²) in [7, 11) is 0. The van der Waals surface area contributed by atoms with Gasteiger partial charge in [0, 0.05) is 0 Å². The Labute approximate surface area is 177 Å². The number of rotatable bonds is 5. The molecule has 0 aliphatic heterocycles. The van der Waals surface area contributed by atoms with Crippen molar-refractivity contribution in [3.8, 4) is 0 Å². The average molecular weight is 383 g/mol. The number of benzene rings is 2. The van der Waals surface area contributed by atoms with E-state index in [9.17, 15) is 0 Å². The molecule has 150 valence electrons. The third-order valence-corrected chi connectivity index (χ3v) is 6.96. The van der Waals surface area contributed by atoms with Gasteiger partial charge in [0.05, 0.1) is 0 Å². The Morgan fingerprint density at radius 3 is 2.38 bits per heavy atom. The normalized spacial score (nSPS) is 22.1. The first-order valence-electron chi connectivity index (χ1n) is 11.3. The van der Waals surface area contributed by atoms with Gasteiger partial charge in [0.2, 0.25) is 0 Å². The van der Waals surface area contributed by atoms with Crippen LogP contribution in [-0.4, -0.2) is 0 Å². The molecule has 0 amide bonds. The van der Waals surface area contributed by atoms with E-state index >= 15 is 0 Å². The van der Waals surface area contributed by atoms with Crippen molar-refractivity contribution >= 4 is 5.57 Å². The van der Waals surface area contributed by atoms with Crippen molar-refractivity contribution in [3.05, 3.63) is 101 Å². The minimum absolute atomic E-state index is 0.513. The van der Waals surface area contributed by atoms with Crippen LogP contribution in [0.2, 0.25) is 0 Å². The van der Waals surface area contributed by atoms with Crippen molar-refractivity contribution in [2.75, 3.05) is 0 Å². The van der Waals surface area contributed by atoms with Crippen LogP contribution in [0, 0.1) is 5.92 Å². The lowest BCUT2D eigenvalue weighted by Crippen LogP contribution is -2.15. The monoisotopic (exact) mass is 382 g/mol. The molecule has 0 spiro atoms. The fraction of sp³-hybridized carbons (Fsp3) is 0.379. The number of hydrogen-bond acceptors (Lipinski definition) is 0. The van der Waals surface area contributed by atoms with E-state index in [2.05, 4.69) is 88.0 Å². The molecular formula is C29H34. The molecule has 2 atom stereocenters. The summed E-state index contributed by atoms with van der Waals surface area (Å²) in [6.45, 7) is 11.4. The molecule has 2 aliphatic rings. The van der Waals surface area contributed by atoms with Gasteiger partial charge in [-0.15, -0.1) is 0 Å². The van der Waals surface area contributed by atoms with Crippen LogP contribution in [0.1, 0.15) is 81.4 Å². The highest BCUT2D eigenvalue weighted by molar-refractivity contribution is 5.84. The van der Waals surface area contributed by atoms with Gasteiger partial charge >= 0.3 is 0 Å². The third-order valence-electron chi connectivity index (χ3n) is 6.96. The van der Waals surface area contributed by atoms with Crippen LogP contribution in [-0.2, 0) is 0 Å². The van der Waals surface area contributed by atoms with Crippen LogP contribution in [0.15, 0.2) is 84.0 Å². The molecule has 0 radical (unpaired) electrons. The first kappa shape index (κ1) is 20.0. The highest BCUT2D eigenvalue weighted by Gasteiger charge is 2.28. The van der Waals surface area contributed by atoms with Crippen LogP contribution >= 0.6 is 0 Å². The van der Waals surface area contributed by atoms with E-state index in [4.69, 9.17) is 0 Å². The van der Waals surface area contributed by atoms with Crippen molar-refractivity contribution in [1.29, 1.82) is 0 Å². The Bertz CT molecular complexity index is 939. The lowest BCUT2D eigenvalue weighted by Gasteiger charge is -2.30. The Morgan fingerprint density at radius 1 is 0.931 bits per heavy atom. The summed E-state index contributed by atoms with van der Waals surface area (Å²) in [4.78, 5) is 0. The molecule has 1 fully saturated rings. The van der Waals surface area contributed by atoms with Crippen molar-refractivity contribution < 1.29 is 0 Å². The van der Waals surface area contributed by atoms with Gasteiger partial charge in [-0.3, -0.25) is 0 Å². The van der Waals surface area contributed by atoms with Crippen LogP contribution in [0.25, 0.3) is 5.57 Å². The molecule has 2 unspecified atom stereocenters. The largest absolute Gasteiger partial charge is 0.0905 e. The zero-order valence-corrected chi connectivity index (χ0v) is 18.2. The first-order valence-corrected chi connectivity index (χ1v) is 11.3. The zero-order chi connectivity index (χ0) is 20.4. The van der Waals surface area contributed by atoms with Crippen molar-refractivity contribution in [2.45, 2.75) is 64.7 Å². The molecular weight excluding hydrogens is 348 g/mol. The lowest BCUT2D eigenvalue weighted by molar-refractivity contribution is 0.356. The first-order chi connectivity index (χ1) is 14.0. The minimum atomic E-state index is 0.513. The highest BCUT2D eigenvalue weighted by atomic mass is 14.3. The molecule has 2 aromatic rings. The molecule has 0 heteroatoms. The van der Waals surface area contributed by atoms with E-state index in [0.717, 1.165) is 12.3 Å². The summed E-state index contributed by atoms with van der Waals surface area (Å²) in [5.41, 5.74) is 9.97. The second-order valence-electron chi connectivity index (χ2n) is 9.28. The molecule has 2 aromatic carbocycles. The van der Waals surface area contributed by atoms with Gasteiger partial charge in [0.25, 0.3) is 0 Å². The summed E-state index contributed by atoms with van der Waals surface area (Å²) >= 11 is 0. The van der Waals surface area contributed by atoms with Gasteiger partial charge in [-0.2, -0.15) is 0 Å². The fourth-order valence-electron chi connectivity index (χ4n) is 5.34. The Morgan fingerprint density at radius 2 is 1.62 bits per heavy atom. The summed E-state index contributed by atoms with van der Waals surface area (Å²) in [6, 6.07) is 19.9. The molecule has 29 heavy (non-hydrogen) atoms. The molecule has 0 nitrogen and oxygen atoms in total. The van der Waals surface area contributed by atoms with Crippen molar-refractivity contribution in [2.24, 2.45) is 5.92 Å². The van der Waals surface area contributed by atoms with Gasteiger partial charge in [-0.05, 0) is 78.2 Å². The molecule has 4 rings (SSSR count). The van der Waals surface area contributed by atoms with Gasteiger partial charge in [-0.25, -0.2) is 0 Å². The molecule has 1 saturated carbocycles. The fourth-order valence-corrected chi connectivity index (χ4v) is 5.34. The maximum Gasteiger partial charge on any atom is -0.00959 e. The predicted octanol–water partition coefficient (Wildman–Crippen LogP) is 8.44. The smallest absolute Gasteiger partial charge is 0.00959 e. The van der Waals surface area contributed by atoms with Gasteiger partial charge < -0.3 is 0 Å². The van der Waals surface area contributed by atoms with Crippen molar-refractivity contribution in [1.82, 2.24) is 0 Å². The van der Waals surface area contributed by atoms with Crippen molar-refractivity contribution in [3.63, 3.8) is 0 Å². The topological polar surface area (TPSA) is 0 Å². The maximum absolute atomic E-state index is 4.54. The van der Waals surface area contributed by atoms with Crippen LogP contribution in [0.5, 0.6) is 0 Å². The van der Waals surface area contributed by atoms with E-state index in [0.29, 0.717) is 11.8 Å². The van der Waals surface area contributed by atoms with Crippen LogP contribution in [0.4, 0.5) is 0 Å². The van der Waals surface area contributed by atoms with E-state index in [1.54, 1.807) is 5.57 Å². The zero-order valence-electron chi connectivity index (χ0n) is 18.2.